The number of hydrogen-bond donors (Lipinski definition) is 2. The lowest BCUT2D eigenvalue weighted by atomic mass is 9.79. The fraction of sp³-hybridized carbons (Fsp3) is 0.571. The molecule has 1 saturated heterocycles. The van der Waals surface area contributed by atoms with Gasteiger partial charge in [-0.25, -0.2) is 0 Å². The molecule has 0 aromatic heterocycles. The topological polar surface area (TPSA) is 41.1 Å². The lowest BCUT2D eigenvalue weighted by Crippen LogP contribution is -2.61. The van der Waals surface area contributed by atoms with Crippen molar-refractivity contribution in [2.45, 2.75) is 76.4 Å². The van der Waals surface area contributed by atoms with Gasteiger partial charge >= 0.3 is 0 Å². The summed E-state index contributed by atoms with van der Waals surface area (Å²) in [5.41, 5.74) is 2.59. The van der Waals surface area contributed by atoms with Crippen LogP contribution in [0, 0.1) is 0 Å². The van der Waals surface area contributed by atoms with Crippen LogP contribution in [0.2, 0.25) is 0 Å². The van der Waals surface area contributed by atoms with Gasteiger partial charge in [-0.2, -0.15) is 0 Å². The number of allylic oxidation sites excluding steroid dienone is 2. The van der Waals surface area contributed by atoms with Gasteiger partial charge in [-0.15, -0.1) is 0 Å². The number of benzene rings is 1. The first-order valence-electron chi connectivity index (χ1n) is 9.07. The summed E-state index contributed by atoms with van der Waals surface area (Å²) < 4.78 is 0. The number of carbonyl (C=O) groups excluding carboxylic acids is 1. The second-order valence-corrected chi connectivity index (χ2v) is 8.79. The Kier molecular flexibility index (Phi) is 4.56. The van der Waals surface area contributed by atoms with Crippen molar-refractivity contribution in [2.24, 2.45) is 0 Å². The summed E-state index contributed by atoms with van der Waals surface area (Å²) in [5, 5.41) is 7.42. The third-order valence-electron chi connectivity index (χ3n) is 5.10. The molecule has 1 fully saturated rings. The normalized spacial score (nSPS) is 26.8. The molecule has 130 valence electrons. The largest absolute Gasteiger partial charge is 0.385 e. The van der Waals surface area contributed by atoms with Crippen molar-refractivity contribution in [3.05, 3.63) is 47.7 Å². The molecule has 1 atom stereocenters. The molecule has 1 aliphatic heterocycles. The highest BCUT2D eigenvalue weighted by Gasteiger charge is 2.38. The number of nitrogens with one attached hydrogen (secondary N) is 2. The van der Waals surface area contributed by atoms with Gasteiger partial charge in [-0.05, 0) is 58.4 Å². The average Bonchev–Trinajstić information content (AvgIpc) is 2.44. The maximum atomic E-state index is 12.2. The van der Waals surface area contributed by atoms with Gasteiger partial charge in [-0.1, -0.05) is 30.3 Å². The van der Waals surface area contributed by atoms with E-state index in [4.69, 9.17) is 0 Å². The Labute approximate surface area is 145 Å². The van der Waals surface area contributed by atoms with E-state index in [1.165, 1.54) is 5.56 Å². The van der Waals surface area contributed by atoms with Crippen molar-refractivity contribution in [3.8, 4) is 0 Å². The van der Waals surface area contributed by atoms with Crippen molar-refractivity contribution >= 4 is 5.78 Å². The lowest BCUT2D eigenvalue weighted by Gasteiger charge is -2.47. The van der Waals surface area contributed by atoms with Gasteiger partial charge in [0.15, 0.2) is 5.78 Å². The Bertz CT molecular complexity index is 614. The zero-order chi connectivity index (χ0) is 17.4. The van der Waals surface area contributed by atoms with Crippen LogP contribution in [0.15, 0.2) is 42.1 Å². The van der Waals surface area contributed by atoms with Crippen molar-refractivity contribution in [1.29, 1.82) is 0 Å². The Morgan fingerprint density at radius 1 is 1.00 bits per heavy atom. The van der Waals surface area contributed by atoms with Crippen LogP contribution in [0.25, 0.3) is 0 Å². The Hall–Kier alpha value is -1.61. The molecule has 3 heteroatoms. The van der Waals surface area contributed by atoms with Crippen LogP contribution in [0.3, 0.4) is 0 Å². The molecule has 1 aromatic rings. The van der Waals surface area contributed by atoms with Gasteiger partial charge in [0, 0.05) is 35.3 Å². The first kappa shape index (κ1) is 17.2. The van der Waals surface area contributed by atoms with E-state index in [2.05, 4.69) is 62.6 Å². The second-order valence-electron chi connectivity index (χ2n) is 8.79. The molecule has 2 N–H and O–H groups in total. The van der Waals surface area contributed by atoms with Gasteiger partial charge in [0.05, 0.1) is 0 Å². The van der Waals surface area contributed by atoms with Crippen molar-refractivity contribution in [3.63, 3.8) is 0 Å². The summed E-state index contributed by atoms with van der Waals surface area (Å²) in [6, 6.07) is 10.8. The van der Waals surface area contributed by atoms with E-state index in [0.29, 0.717) is 18.4 Å². The van der Waals surface area contributed by atoms with Crippen LogP contribution >= 0.6 is 0 Å². The minimum Gasteiger partial charge on any atom is -0.385 e. The predicted molar refractivity (Wildman–Crippen MR) is 99.0 cm³/mol. The minimum absolute atomic E-state index is 0.109. The van der Waals surface area contributed by atoms with Gasteiger partial charge < -0.3 is 10.6 Å². The molecule has 0 saturated carbocycles. The second kappa shape index (κ2) is 6.36. The Balaban J connectivity index is 1.71. The maximum Gasteiger partial charge on any atom is 0.158 e. The predicted octanol–water partition coefficient (Wildman–Crippen LogP) is 3.92. The molecule has 3 rings (SSSR count). The Morgan fingerprint density at radius 2 is 1.62 bits per heavy atom. The van der Waals surface area contributed by atoms with Crippen LogP contribution in [0.4, 0.5) is 0 Å². The summed E-state index contributed by atoms with van der Waals surface area (Å²) in [4.78, 5) is 12.2. The standard InChI is InChI=1S/C21H30N2O/c1-20(2)13-18(14-21(3,4)23-20)22-17-10-16(11-19(24)12-17)15-8-6-5-7-9-15/h5-9,12,16,18,22-23H,10-11,13-14H2,1-4H3/t16-/m0/s1. The zero-order valence-corrected chi connectivity index (χ0v) is 15.4. The molecule has 0 unspecified atom stereocenters. The minimum atomic E-state index is 0.109. The van der Waals surface area contributed by atoms with Crippen molar-refractivity contribution in [2.75, 3.05) is 0 Å². The molecule has 1 aliphatic carbocycles. The molecule has 2 aliphatic rings. The lowest BCUT2D eigenvalue weighted by molar-refractivity contribution is -0.115. The molecule has 24 heavy (non-hydrogen) atoms. The molecular formula is C21H30N2O. The van der Waals surface area contributed by atoms with E-state index in [1.54, 1.807) is 0 Å². The monoisotopic (exact) mass is 326 g/mol. The molecule has 0 bridgehead atoms. The van der Waals surface area contributed by atoms with Crippen molar-refractivity contribution in [1.82, 2.24) is 10.6 Å². The number of carbonyl (C=O) groups is 1. The quantitative estimate of drug-likeness (QED) is 0.884. The molecule has 3 nitrogen and oxygen atoms in total. The van der Waals surface area contributed by atoms with Gasteiger partial charge in [0.25, 0.3) is 0 Å². The summed E-state index contributed by atoms with van der Waals surface area (Å²) in [6.07, 6.45) is 5.52. The smallest absolute Gasteiger partial charge is 0.158 e. The number of ketones is 1. The van der Waals surface area contributed by atoms with E-state index in [0.717, 1.165) is 25.0 Å². The van der Waals surface area contributed by atoms with E-state index in [9.17, 15) is 4.79 Å². The molecule has 0 spiro atoms. The summed E-state index contributed by atoms with van der Waals surface area (Å²) in [5.74, 6) is 0.541. The van der Waals surface area contributed by atoms with E-state index >= 15 is 0 Å². The zero-order valence-electron chi connectivity index (χ0n) is 15.4. The summed E-state index contributed by atoms with van der Waals surface area (Å²) >= 11 is 0. The molecule has 1 aromatic carbocycles. The number of rotatable bonds is 3. The number of hydrogen-bond acceptors (Lipinski definition) is 3. The van der Waals surface area contributed by atoms with Crippen LogP contribution in [-0.4, -0.2) is 22.9 Å². The van der Waals surface area contributed by atoms with Crippen LogP contribution < -0.4 is 10.6 Å². The van der Waals surface area contributed by atoms with Gasteiger partial charge in [0.2, 0.25) is 0 Å². The molecule has 0 radical (unpaired) electrons. The van der Waals surface area contributed by atoms with E-state index in [-0.39, 0.29) is 16.9 Å². The van der Waals surface area contributed by atoms with E-state index < -0.39 is 0 Å². The fourth-order valence-corrected chi connectivity index (χ4v) is 4.64. The first-order chi connectivity index (χ1) is 11.2. The maximum absolute atomic E-state index is 12.2. The Morgan fingerprint density at radius 3 is 2.25 bits per heavy atom. The van der Waals surface area contributed by atoms with Crippen LogP contribution in [0.1, 0.15) is 64.9 Å². The fourth-order valence-electron chi connectivity index (χ4n) is 4.64. The molecule has 1 heterocycles. The highest BCUT2D eigenvalue weighted by Crippen LogP contribution is 2.33. The molecule has 0 amide bonds. The third-order valence-corrected chi connectivity index (χ3v) is 5.10. The SMILES string of the molecule is CC1(C)CC(NC2=CC(=O)C[C@@H](c3ccccc3)C2)CC(C)(C)N1. The van der Waals surface area contributed by atoms with Crippen LogP contribution in [0.5, 0.6) is 0 Å². The van der Waals surface area contributed by atoms with Gasteiger partial charge in [0.1, 0.15) is 0 Å². The summed E-state index contributed by atoms with van der Waals surface area (Å²) in [7, 11) is 0. The highest BCUT2D eigenvalue weighted by molar-refractivity contribution is 5.92. The third kappa shape index (κ3) is 4.27. The van der Waals surface area contributed by atoms with Crippen molar-refractivity contribution < 1.29 is 4.79 Å². The number of piperidine rings is 1. The summed E-state index contributed by atoms with van der Waals surface area (Å²) in [6.45, 7) is 9.04. The first-order valence-corrected chi connectivity index (χ1v) is 9.07. The highest BCUT2D eigenvalue weighted by atomic mass is 16.1. The average molecular weight is 326 g/mol. The van der Waals surface area contributed by atoms with E-state index in [1.807, 2.05) is 12.1 Å². The van der Waals surface area contributed by atoms with Crippen LogP contribution in [-0.2, 0) is 4.79 Å². The molecular weight excluding hydrogens is 296 g/mol. The van der Waals surface area contributed by atoms with Gasteiger partial charge in [-0.3, -0.25) is 4.79 Å².